The number of pyridine rings is 1. The van der Waals surface area contributed by atoms with Crippen LogP contribution in [0.5, 0.6) is 0 Å². The SMILES string of the molecule is N#CC1=CC(c2cccc(-c3c4ccccc4c(-c4cccc(-c5cncc(C#N)c5)c4)c4ccccc34)c2)=C[N-]C1. The van der Waals surface area contributed by atoms with Gasteiger partial charge in [-0.2, -0.15) is 16.7 Å². The lowest BCUT2D eigenvalue weighted by Crippen LogP contribution is -1.95. The van der Waals surface area contributed by atoms with Crippen LogP contribution < -0.4 is 0 Å². The van der Waals surface area contributed by atoms with Crippen LogP contribution in [0.25, 0.3) is 65.8 Å². The Morgan fingerprint density at radius 2 is 1.14 bits per heavy atom. The maximum atomic E-state index is 9.43. The van der Waals surface area contributed by atoms with E-state index >= 15 is 0 Å². The molecule has 0 atom stereocenters. The Morgan fingerprint density at radius 3 is 1.74 bits per heavy atom. The number of nitriles is 2. The van der Waals surface area contributed by atoms with Crippen molar-refractivity contribution in [3.63, 3.8) is 0 Å². The van der Waals surface area contributed by atoms with Crippen molar-refractivity contribution in [2.75, 3.05) is 6.54 Å². The van der Waals surface area contributed by atoms with E-state index in [0.29, 0.717) is 17.7 Å². The van der Waals surface area contributed by atoms with E-state index in [9.17, 15) is 10.5 Å². The summed E-state index contributed by atoms with van der Waals surface area (Å²) in [6, 6.07) is 40.4. The molecule has 0 aliphatic carbocycles. The first-order valence-electron chi connectivity index (χ1n) is 13.7. The molecule has 0 unspecified atom stereocenters. The molecular formula is C38H23N4-. The van der Waals surface area contributed by atoms with Gasteiger partial charge < -0.3 is 5.32 Å². The zero-order valence-electron chi connectivity index (χ0n) is 22.6. The molecule has 7 rings (SSSR count). The largest absolute Gasteiger partial charge is 0.686 e. The van der Waals surface area contributed by atoms with Crippen molar-refractivity contribution in [1.82, 2.24) is 4.98 Å². The second-order valence-electron chi connectivity index (χ2n) is 10.3. The minimum absolute atomic E-state index is 0.428. The van der Waals surface area contributed by atoms with E-state index in [1.165, 1.54) is 11.1 Å². The summed E-state index contributed by atoms with van der Waals surface area (Å²) in [5, 5.41) is 27.9. The molecule has 0 N–H and O–H groups in total. The highest BCUT2D eigenvalue weighted by atomic mass is 14.8. The van der Waals surface area contributed by atoms with Gasteiger partial charge in [-0.3, -0.25) is 4.98 Å². The van der Waals surface area contributed by atoms with Gasteiger partial charge in [-0.1, -0.05) is 91.5 Å². The molecule has 0 bridgehead atoms. The first-order valence-corrected chi connectivity index (χ1v) is 13.7. The number of aromatic nitrogens is 1. The van der Waals surface area contributed by atoms with Gasteiger partial charge in [0.15, 0.2) is 0 Å². The highest BCUT2D eigenvalue weighted by Crippen LogP contribution is 2.44. The van der Waals surface area contributed by atoms with Crippen molar-refractivity contribution >= 4 is 27.1 Å². The molecule has 0 amide bonds. The fourth-order valence-corrected chi connectivity index (χ4v) is 5.86. The van der Waals surface area contributed by atoms with Crippen molar-refractivity contribution < 1.29 is 0 Å². The van der Waals surface area contributed by atoms with Crippen molar-refractivity contribution in [2.24, 2.45) is 0 Å². The molecule has 0 saturated heterocycles. The third kappa shape index (κ3) is 4.38. The van der Waals surface area contributed by atoms with Crippen LogP contribution in [-0.4, -0.2) is 11.5 Å². The van der Waals surface area contributed by atoms with Gasteiger partial charge in [0.1, 0.15) is 6.07 Å². The molecule has 1 aromatic heterocycles. The summed E-state index contributed by atoms with van der Waals surface area (Å²) < 4.78 is 0. The zero-order valence-corrected chi connectivity index (χ0v) is 22.6. The molecule has 0 saturated carbocycles. The molecule has 2 heterocycles. The second-order valence-corrected chi connectivity index (χ2v) is 10.3. The Kier molecular flexibility index (Phi) is 6.28. The molecule has 6 aromatic rings. The number of fused-ring (bicyclic) bond motifs is 2. The molecular weight excluding hydrogens is 512 g/mol. The molecule has 0 spiro atoms. The number of hydrogen-bond acceptors (Lipinski definition) is 3. The van der Waals surface area contributed by atoms with Gasteiger partial charge in [0.2, 0.25) is 0 Å². The van der Waals surface area contributed by atoms with Crippen LogP contribution in [-0.2, 0) is 0 Å². The fraction of sp³-hybridized carbons (Fsp3) is 0.0263. The third-order valence-corrected chi connectivity index (χ3v) is 7.73. The van der Waals surface area contributed by atoms with Gasteiger partial charge in [-0.25, -0.2) is 0 Å². The lowest BCUT2D eigenvalue weighted by molar-refractivity contribution is 1.30. The number of rotatable bonds is 4. The third-order valence-electron chi connectivity index (χ3n) is 7.73. The van der Waals surface area contributed by atoms with Gasteiger partial charge in [0, 0.05) is 23.5 Å². The quantitative estimate of drug-likeness (QED) is 0.211. The smallest absolute Gasteiger partial charge is 0.101 e. The fourth-order valence-electron chi connectivity index (χ4n) is 5.86. The summed E-state index contributed by atoms with van der Waals surface area (Å²) in [6.07, 6.45) is 7.17. The number of nitrogens with zero attached hydrogens (tertiary/aromatic N) is 4. The topological polar surface area (TPSA) is 74.6 Å². The summed E-state index contributed by atoms with van der Waals surface area (Å²) in [5.41, 5.74) is 9.65. The van der Waals surface area contributed by atoms with E-state index < -0.39 is 0 Å². The second kappa shape index (κ2) is 10.5. The van der Waals surface area contributed by atoms with Crippen LogP contribution in [0.3, 0.4) is 0 Å². The molecule has 196 valence electrons. The van der Waals surface area contributed by atoms with E-state index in [2.05, 4.69) is 120 Å². The van der Waals surface area contributed by atoms with Crippen LogP contribution in [0, 0.1) is 22.7 Å². The van der Waals surface area contributed by atoms with Crippen LogP contribution in [0.4, 0.5) is 0 Å². The van der Waals surface area contributed by atoms with E-state index in [4.69, 9.17) is 0 Å². The molecule has 42 heavy (non-hydrogen) atoms. The van der Waals surface area contributed by atoms with Gasteiger partial charge in [-0.15, -0.1) is 0 Å². The van der Waals surface area contributed by atoms with Gasteiger partial charge in [0.05, 0.1) is 11.6 Å². The van der Waals surface area contributed by atoms with Crippen molar-refractivity contribution in [2.45, 2.75) is 0 Å². The summed E-state index contributed by atoms with van der Waals surface area (Å²) >= 11 is 0. The predicted octanol–water partition coefficient (Wildman–Crippen LogP) is 9.44. The van der Waals surface area contributed by atoms with Crippen molar-refractivity contribution in [3.8, 4) is 45.5 Å². The Hall–Kier alpha value is -5.97. The molecule has 4 nitrogen and oxygen atoms in total. The monoisotopic (exact) mass is 535 g/mol. The van der Waals surface area contributed by atoms with Crippen LogP contribution in [0.1, 0.15) is 11.1 Å². The Bertz CT molecular complexity index is 2120. The molecule has 4 heteroatoms. The first kappa shape index (κ1) is 25.0. The van der Waals surface area contributed by atoms with Crippen molar-refractivity contribution in [3.05, 3.63) is 150 Å². The summed E-state index contributed by atoms with van der Waals surface area (Å²) in [4.78, 5) is 4.28. The molecule has 1 aliphatic heterocycles. The van der Waals surface area contributed by atoms with E-state index in [1.807, 2.05) is 18.3 Å². The zero-order chi connectivity index (χ0) is 28.5. The summed E-state index contributed by atoms with van der Waals surface area (Å²) in [6.45, 7) is 0.428. The first-order chi connectivity index (χ1) is 20.7. The molecule has 5 aromatic carbocycles. The number of benzene rings is 5. The number of allylic oxidation sites excluding steroid dienone is 2. The molecule has 0 radical (unpaired) electrons. The molecule has 0 fully saturated rings. The standard InChI is InChI=1S/C38H23N4/c39-19-25-15-31(23-41-21-25)27-7-5-9-29(17-27)37-33-11-1-2-12-34(33)38(36-14-4-3-13-35(36)37)30-10-6-8-28(18-30)32-16-26(20-40)22-42-24-32/h1-18,21,23-24H,22H2/q-1. The minimum Gasteiger partial charge on any atom is -0.686 e. The maximum absolute atomic E-state index is 9.43. The molecule has 1 aliphatic rings. The van der Waals surface area contributed by atoms with E-state index in [-0.39, 0.29) is 0 Å². The summed E-state index contributed by atoms with van der Waals surface area (Å²) in [5.74, 6) is 0. The van der Waals surface area contributed by atoms with Crippen LogP contribution in [0.15, 0.2) is 133 Å². The lowest BCUT2D eigenvalue weighted by atomic mass is 9.85. The van der Waals surface area contributed by atoms with Gasteiger partial charge >= 0.3 is 0 Å². The van der Waals surface area contributed by atoms with Crippen molar-refractivity contribution in [1.29, 1.82) is 10.5 Å². The lowest BCUT2D eigenvalue weighted by Gasteiger charge is -2.23. The van der Waals surface area contributed by atoms with E-state index in [1.54, 1.807) is 12.4 Å². The van der Waals surface area contributed by atoms with E-state index in [0.717, 1.165) is 54.9 Å². The summed E-state index contributed by atoms with van der Waals surface area (Å²) in [7, 11) is 0. The highest BCUT2D eigenvalue weighted by molar-refractivity contribution is 6.21. The van der Waals surface area contributed by atoms with Crippen LogP contribution >= 0.6 is 0 Å². The van der Waals surface area contributed by atoms with Gasteiger partial charge in [0.25, 0.3) is 0 Å². The highest BCUT2D eigenvalue weighted by Gasteiger charge is 2.17. The average Bonchev–Trinajstić information content (AvgIpc) is 3.07. The number of hydrogen-bond donors (Lipinski definition) is 0. The average molecular weight is 536 g/mol. The maximum Gasteiger partial charge on any atom is 0.101 e. The Morgan fingerprint density at radius 1 is 0.571 bits per heavy atom. The van der Waals surface area contributed by atoms with Gasteiger partial charge in [-0.05, 0) is 84.8 Å². The predicted molar refractivity (Wildman–Crippen MR) is 170 cm³/mol. The Labute approximate surface area is 244 Å². The minimum atomic E-state index is 0.428. The Balaban J connectivity index is 1.46. The van der Waals surface area contributed by atoms with Crippen LogP contribution in [0.2, 0.25) is 0 Å². The normalized spacial score (nSPS) is 12.6.